The summed E-state index contributed by atoms with van der Waals surface area (Å²) in [6.07, 6.45) is 2.63. The van der Waals surface area contributed by atoms with Crippen molar-refractivity contribution in [2.45, 2.75) is 31.2 Å². The van der Waals surface area contributed by atoms with Crippen molar-refractivity contribution in [2.24, 2.45) is 5.73 Å². The highest BCUT2D eigenvalue weighted by atomic mass is 16.7. The molecule has 0 bridgehead atoms. The number of piperidine rings is 1. The van der Waals surface area contributed by atoms with Crippen molar-refractivity contribution in [3.05, 3.63) is 64.0 Å². The van der Waals surface area contributed by atoms with Crippen molar-refractivity contribution in [3.63, 3.8) is 0 Å². The molecule has 1 aromatic heterocycles. The number of phenolic OH excluding ortho intramolecular Hbond substituents is 1. The molecule has 1 fully saturated rings. The maximum atomic E-state index is 13.4. The molecule has 2 amide bonds. The summed E-state index contributed by atoms with van der Waals surface area (Å²) in [5.74, 6) is -0.705. The van der Waals surface area contributed by atoms with E-state index in [0.717, 1.165) is 0 Å². The summed E-state index contributed by atoms with van der Waals surface area (Å²) in [5, 5.41) is 14.2. The molecule has 4 N–H and O–H groups in total. The van der Waals surface area contributed by atoms with E-state index in [-0.39, 0.29) is 54.4 Å². The van der Waals surface area contributed by atoms with Gasteiger partial charge in [-0.15, -0.1) is 0 Å². The number of ether oxygens (including phenoxy) is 2. The molecule has 2 aliphatic rings. The van der Waals surface area contributed by atoms with Gasteiger partial charge in [-0.3, -0.25) is 19.3 Å². The number of phenols is 1. The lowest BCUT2D eigenvalue weighted by molar-refractivity contribution is -0.123. The number of nitrogens with one attached hydrogen (secondary N) is 1. The van der Waals surface area contributed by atoms with E-state index in [4.69, 9.17) is 19.6 Å². The molecule has 0 unspecified atom stereocenters. The van der Waals surface area contributed by atoms with Gasteiger partial charge in [-0.2, -0.15) is 0 Å². The van der Waals surface area contributed by atoms with Crippen molar-refractivity contribution >= 4 is 22.8 Å². The fourth-order valence-corrected chi connectivity index (χ4v) is 4.87. The van der Waals surface area contributed by atoms with Crippen LogP contribution in [-0.4, -0.2) is 54.3 Å². The van der Waals surface area contributed by atoms with Crippen LogP contribution in [0.5, 0.6) is 17.2 Å². The summed E-state index contributed by atoms with van der Waals surface area (Å²) >= 11 is 0. The number of nitrogens with zero attached hydrogens (tertiary/aromatic N) is 1. The smallest absolute Gasteiger partial charge is 0.231 e. The highest BCUT2D eigenvalue weighted by molar-refractivity contribution is 5.80. The molecular weight excluding hydrogens is 466 g/mol. The van der Waals surface area contributed by atoms with Crippen LogP contribution in [0.1, 0.15) is 36.3 Å². The van der Waals surface area contributed by atoms with Crippen LogP contribution in [0.4, 0.5) is 0 Å². The van der Waals surface area contributed by atoms with Crippen LogP contribution >= 0.6 is 0 Å². The predicted octanol–water partition coefficient (Wildman–Crippen LogP) is 1.82. The van der Waals surface area contributed by atoms with E-state index >= 15 is 0 Å². The zero-order valence-electron chi connectivity index (χ0n) is 19.6. The molecule has 1 saturated heterocycles. The van der Waals surface area contributed by atoms with Gasteiger partial charge in [0.2, 0.25) is 18.6 Å². The Morgan fingerprint density at radius 3 is 2.58 bits per heavy atom. The molecular formula is C26H27N3O7. The number of fused-ring (bicyclic) bond motifs is 2. The number of amides is 2. The number of rotatable bonds is 7. The number of likely N-dealkylation sites (tertiary alicyclic amines) is 1. The van der Waals surface area contributed by atoms with Crippen molar-refractivity contribution < 1.29 is 28.6 Å². The molecule has 0 aliphatic carbocycles. The first-order valence-corrected chi connectivity index (χ1v) is 11.8. The second kappa shape index (κ2) is 9.90. The van der Waals surface area contributed by atoms with Crippen LogP contribution in [0.25, 0.3) is 11.0 Å². The maximum absolute atomic E-state index is 13.4. The highest BCUT2D eigenvalue weighted by Gasteiger charge is 2.29. The Bertz CT molecular complexity index is 1360. The van der Waals surface area contributed by atoms with E-state index in [2.05, 4.69) is 5.32 Å². The summed E-state index contributed by atoms with van der Waals surface area (Å²) in [5.41, 5.74) is 6.07. The first kappa shape index (κ1) is 23.7. The van der Waals surface area contributed by atoms with Crippen molar-refractivity contribution in [1.82, 2.24) is 10.2 Å². The number of benzene rings is 2. The van der Waals surface area contributed by atoms with Crippen LogP contribution < -0.4 is 26.0 Å². The molecule has 188 valence electrons. The number of carbonyl (C=O) groups is 2. The summed E-state index contributed by atoms with van der Waals surface area (Å²) in [6, 6.07) is 9.85. The number of nitrogens with two attached hydrogens (primary N) is 1. The Kier molecular flexibility index (Phi) is 6.51. The van der Waals surface area contributed by atoms with Gasteiger partial charge in [0.1, 0.15) is 11.3 Å². The lowest BCUT2D eigenvalue weighted by Crippen LogP contribution is -2.47. The van der Waals surface area contributed by atoms with Gasteiger partial charge in [-0.1, -0.05) is 12.1 Å². The molecule has 3 heterocycles. The van der Waals surface area contributed by atoms with Crippen LogP contribution in [0.3, 0.4) is 0 Å². The second-order valence-corrected chi connectivity index (χ2v) is 9.12. The monoisotopic (exact) mass is 493 g/mol. The average Bonchev–Trinajstić information content (AvgIpc) is 3.31. The van der Waals surface area contributed by atoms with Gasteiger partial charge < -0.3 is 30.0 Å². The Balaban J connectivity index is 1.42. The summed E-state index contributed by atoms with van der Waals surface area (Å²) in [7, 11) is 0. The minimum absolute atomic E-state index is 0.0238. The molecule has 1 atom stereocenters. The SMILES string of the molecule is NC(=O)CN1CCC(NC(=O)C[C@H](c2cc3c(cc2O)OCO3)c2coc3ccccc3c2=O)CC1. The van der Waals surface area contributed by atoms with E-state index in [1.807, 2.05) is 4.90 Å². The lowest BCUT2D eigenvalue weighted by Gasteiger charge is -2.31. The first-order valence-electron chi connectivity index (χ1n) is 11.8. The number of carbonyl (C=O) groups excluding carboxylic acids is 2. The summed E-state index contributed by atoms with van der Waals surface area (Å²) < 4.78 is 16.5. The van der Waals surface area contributed by atoms with E-state index < -0.39 is 5.92 Å². The van der Waals surface area contributed by atoms with Gasteiger partial charge in [-0.25, -0.2) is 0 Å². The third kappa shape index (κ3) is 4.85. The third-order valence-electron chi connectivity index (χ3n) is 6.70. The van der Waals surface area contributed by atoms with Crippen LogP contribution in [-0.2, 0) is 9.59 Å². The normalized spacial score (nSPS) is 16.7. The fraction of sp³-hybridized carbons (Fsp3) is 0.346. The Labute approximate surface area is 206 Å². The van der Waals surface area contributed by atoms with Gasteiger partial charge in [0.25, 0.3) is 0 Å². The Morgan fingerprint density at radius 2 is 1.83 bits per heavy atom. The number of hydrogen-bond donors (Lipinski definition) is 3. The molecule has 0 saturated carbocycles. The molecule has 3 aromatic rings. The van der Waals surface area contributed by atoms with E-state index in [0.29, 0.717) is 54.0 Å². The van der Waals surface area contributed by atoms with Crippen LogP contribution in [0.15, 0.2) is 51.9 Å². The quantitative estimate of drug-likeness (QED) is 0.452. The molecule has 5 rings (SSSR count). The van der Waals surface area contributed by atoms with Crippen LogP contribution in [0.2, 0.25) is 0 Å². The molecule has 0 spiro atoms. The fourth-order valence-electron chi connectivity index (χ4n) is 4.87. The van der Waals surface area contributed by atoms with Gasteiger partial charge in [0.05, 0.1) is 18.2 Å². The molecule has 10 heteroatoms. The highest BCUT2D eigenvalue weighted by Crippen LogP contribution is 2.42. The van der Waals surface area contributed by atoms with Gasteiger partial charge in [0, 0.05) is 48.7 Å². The molecule has 10 nitrogen and oxygen atoms in total. The number of para-hydroxylation sites is 1. The van der Waals surface area contributed by atoms with E-state index in [9.17, 15) is 19.5 Å². The first-order chi connectivity index (χ1) is 17.4. The minimum atomic E-state index is -0.782. The van der Waals surface area contributed by atoms with Gasteiger partial charge in [-0.05, 0) is 31.0 Å². The third-order valence-corrected chi connectivity index (χ3v) is 6.70. The standard InChI is InChI=1S/C26H27N3O7/c27-24(31)12-29-7-5-15(6-8-29)28-25(32)10-17(18-9-22-23(11-20(18)30)36-14-35-22)19-13-34-21-4-2-1-3-16(21)26(19)33/h1-4,9,11,13,15,17,30H,5-8,10,12,14H2,(H2,27,31)(H,28,32)/t17-/m1/s1. The Morgan fingerprint density at radius 1 is 1.11 bits per heavy atom. The van der Waals surface area contributed by atoms with Crippen molar-refractivity contribution in [3.8, 4) is 17.2 Å². The average molecular weight is 494 g/mol. The van der Waals surface area contributed by atoms with Gasteiger partial charge in [0.15, 0.2) is 16.9 Å². The van der Waals surface area contributed by atoms with Crippen molar-refractivity contribution in [2.75, 3.05) is 26.4 Å². The molecule has 36 heavy (non-hydrogen) atoms. The molecule has 0 radical (unpaired) electrons. The number of hydrogen-bond acceptors (Lipinski definition) is 8. The molecule has 2 aliphatic heterocycles. The topological polar surface area (TPSA) is 144 Å². The number of aromatic hydroxyl groups is 1. The zero-order valence-corrected chi connectivity index (χ0v) is 19.6. The zero-order chi connectivity index (χ0) is 25.2. The summed E-state index contributed by atoms with van der Waals surface area (Å²) in [4.78, 5) is 39.7. The van der Waals surface area contributed by atoms with Gasteiger partial charge >= 0.3 is 0 Å². The van der Waals surface area contributed by atoms with Crippen molar-refractivity contribution in [1.29, 1.82) is 0 Å². The largest absolute Gasteiger partial charge is 0.508 e. The maximum Gasteiger partial charge on any atom is 0.231 e. The Hall–Kier alpha value is -4.05. The predicted molar refractivity (Wildman–Crippen MR) is 130 cm³/mol. The molecule has 2 aromatic carbocycles. The van der Waals surface area contributed by atoms with E-state index in [1.165, 1.54) is 12.3 Å². The van der Waals surface area contributed by atoms with E-state index in [1.54, 1.807) is 30.3 Å². The number of primary amides is 1. The minimum Gasteiger partial charge on any atom is -0.508 e. The second-order valence-electron chi connectivity index (χ2n) is 9.12. The summed E-state index contributed by atoms with van der Waals surface area (Å²) in [6.45, 7) is 1.52. The van der Waals surface area contributed by atoms with Crippen LogP contribution in [0, 0.1) is 0 Å². The lowest BCUT2D eigenvalue weighted by atomic mass is 9.87.